The largest absolute Gasteiger partial charge is 0.321 e. The van der Waals surface area contributed by atoms with Crippen LogP contribution in [0, 0.1) is 0 Å². The second-order valence-corrected chi connectivity index (χ2v) is 7.20. The normalized spacial score (nSPS) is 15.7. The molecule has 1 fully saturated rings. The van der Waals surface area contributed by atoms with Crippen molar-refractivity contribution in [1.82, 2.24) is 9.55 Å². The van der Waals surface area contributed by atoms with E-state index in [4.69, 9.17) is 5.73 Å². The summed E-state index contributed by atoms with van der Waals surface area (Å²) >= 11 is 0. The van der Waals surface area contributed by atoms with Crippen LogP contribution in [0.15, 0.2) is 79.0 Å². The van der Waals surface area contributed by atoms with Gasteiger partial charge in [-0.1, -0.05) is 42.5 Å². The van der Waals surface area contributed by atoms with E-state index >= 15 is 0 Å². The van der Waals surface area contributed by atoms with Crippen molar-refractivity contribution in [3.05, 3.63) is 84.6 Å². The topological polar surface area (TPSA) is 43.8 Å². The molecule has 5 rings (SSSR count). The van der Waals surface area contributed by atoms with Crippen molar-refractivity contribution in [1.29, 1.82) is 0 Å². The SMILES string of the molecule is NC1(c2ccc(-n3c(-c4ccccc4)cc4cccnc43)cc2)CCC1. The van der Waals surface area contributed by atoms with Crippen molar-refractivity contribution in [3.8, 4) is 16.9 Å². The monoisotopic (exact) mass is 339 g/mol. The predicted octanol–water partition coefficient (Wildman–Crippen LogP) is 5.03. The van der Waals surface area contributed by atoms with E-state index in [2.05, 4.69) is 70.2 Å². The average molecular weight is 339 g/mol. The third-order valence-electron chi connectivity index (χ3n) is 5.58. The summed E-state index contributed by atoms with van der Waals surface area (Å²) in [6.45, 7) is 0. The summed E-state index contributed by atoms with van der Waals surface area (Å²) < 4.78 is 2.23. The lowest BCUT2D eigenvalue weighted by Gasteiger charge is -2.38. The number of nitrogens with two attached hydrogens (primary N) is 1. The zero-order chi connectivity index (χ0) is 17.6. The fourth-order valence-corrected chi connectivity index (χ4v) is 3.91. The van der Waals surface area contributed by atoms with Crippen LogP contribution < -0.4 is 5.73 Å². The molecule has 0 atom stereocenters. The predicted molar refractivity (Wildman–Crippen MR) is 106 cm³/mol. The molecule has 0 unspecified atom stereocenters. The van der Waals surface area contributed by atoms with E-state index in [1.165, 1.54) is 17.5 Å². The molecule has 2 N–H and O–H groups in total. The maximum atomic E-state index is 6.49. The number of aromatic nitrogens is 2. The van der Waals surface area contributed by atoms with Gasteiger partial charge in [0, 0.05) is 22.8 Å². The van der Waals surface area contributed by atoms with Crippen LogP contribution >= 0.6 is 0 Å². The fraction of sp³-hybridized carbons (Fsp3) is 0.174. The molecule has 26 heavy (non-hydrogen) atoms. The van der Waals surface area contributed by atoms with Crippen LogP contribution in [-0.2, 0) is 5.54 Å². The van der Waals surface area contributed by atoms with Gasteiger partial charge in [-0.15, -0.1) is 0 Å². The first-order valence-electron chi connectivity index (χ1n) is 9.16. The first-order valence-corrected chi connectivity index (χ1v) is 9.16. The molecule has 1 aliphatic carbocycles. The van der Waals surface area contributed by atoms with Gasteiger partial charge in [-0.2, -0.15) is 0 Å². The minimum atomic E-state index is -0.127. The lowest BCUT2D eigenvalue weighted by Crippen LogP contribution is -2.43. The Kier molecular flexibility index (Phi) is 3.44. The lowest BCUT2D eigenvalue weighted by atomic mass is 9.73. The van der Waals surface area contributed by atoms with Crippen molar-refractivity contribution in [2.45, 2.75) is 24.8 Å². The molecule has 0 amide bonds. The summed E-state index contributed by atoms with van der Waals surface area (Å²) in [5.41, 5.74) is 12.0. The number of pyridine rings is 1. The molecule has 0 saturated heterocycles. The number of nitrogens with zero attached hydrogens (tertiary/aromatic N) is 2. The third kappa shape index (κ3) is 2.36. The van der Waals surface area contributed by atoms with Crippen LogP contribution in [0.4, 0.5) is 0 Å². The van der Waals surface area contributed by atoms with Crippen LogP contribution in [-0.4, -0.2) is 9.55 Å². The van der Waals surface area contributed by atoms with E-state index in [0.29, 0.717) is 0 Å². The second-order valence-electron chi connectivity index (χ2n) is 7.20. The zero-order valence-corrected chi connectivity index (χ0v) is 14.6. The quantitative estimate of drug-likeness (QED) is 0.569. The molecule has 2 aromatic heterocycles. The lowest BCUT2D eigenvalue weighted by molar-refractivity contribution is 0.253. The third-order valence-corrected chi connectivity index (χ3v) is 5.58. The van der Waals surface area contributed by atoms with Crippen LogP contribution in [0.5, 0.6) is 0 Å². The minimum Gasteiger partial charge on any atom is -0.321 e. The molecule has 3 heteroatoms. The second kappa shape index (κ2) is 5.82. The molecule has 0 radical (unpaired) electrons. The molecule has 2 aromatic carbocycles. The minimum absolute atomic E-state index is 0.127. The smallest absolute Gasteiger partial charge is 0.144 e. The van der Waals surface area contributed by atoms with Crippen molar-refractivity contribution in [2.75, 3.05) is 0 Å². The van der Waals surface area contributed by atoms with Gasteiger partial charge < -0.3 is 5.73 Å². The van der Waals surface area contributed by atoms with Gasteiger partial charge in [0.2, 0.25) is 0 Å². The summed E-state index contributed by atoms with van der Waals surface area (Å²) in [4.78, 5) is 4.64. The first kappa shape index (κ1) is 15.4. The Morgan fingerprint density at radius 3 is 2.35 bits per heavy atom. The van der Waals surface area contributed by atoms with Gasteiger partial charge in [0.05, 0.1) is 5.69 Å². The van der Waals surface area contributed by atoms with Crippen LogP contribution in [0.25, 0.3) is 28.0 Å². The van der Waals surface area contributed by atoms with Gasteiger partial charge in [-0.05, 0) is 60.7 Å². The van der Waals surface area contributed by atoms with E-state index in [-0.39, 0.29) is 5.54 Å². The van der Waals surface area contributed by atoms with Gasteiger partial charge in [0.25, 0.3) is 0 Å². The maximum absolute atomic E-state index is 6.49. The molecule has 128 valence electrons. The number of fused-ring (bicyclic) bond motifs is 1. The van der Waals surface area contributed by atoms with Gasteiger partial charge in [0.1, 0.15) is 5.65 Å². The first-order chi connectivity index (χ1) is 12.7. The standard InChI is InChI=1S/C23H21N3/c24-23(13-5-14-23)19-9-11-20(12-10-19)26-21(17-6-2-1-3-7-17)16-18-8-4-15-25-22(18)26/h1-4,6-12,15-16H,5,13-14,24H2. The van der Waals surface area contributed by atoms with E-state index in [1.54, 1.807) is 0 Å². The Morgan fingerprint density at radius 1 is 0.885 bits per heavy atom. The van der Waals surface area contributed by atoms with Crippen molar-refractivity contribution >= 4 is 11.0 Å². The number of hydrogen-bond acceptors (Lipinski definition) is 2. The summed E-state index contributed by atoms with van der Waals surface area (Å²) in [6.07, 6.45) is 5.24. The summed E-state index contributed by atoms with van der Waals surface area (Å²) in [6, 6.07) is 25.5. The van der Waals surface area contributed by atoms with Crippen molar-refractivity contribution in [2.24, 2.45) is 5.73 Å². The molecule has 1 saturated carbocycles. The molecule has 0 spiro atoms. The van der Waals surface area contributed by atoms with Crippen LogP contribution in [0.1, 0.15) is 24.8 Å². The maximum Gasteiger partial charge on any atom is 0.144 e. The Labute approximate surface area is 153 Å². The molecule has 2 heterocycles. The molecule has 0 aliphatic heterocycles. The Morgan fingerprint density at radius 2 is 1.65 bits per heavy atom. The molecule has 1 aliphatic rings. The van der Waals surface area contributed by atoms with Crippen molar-refractivity contribution in [3.63, 3.8) is 0 Å². The Bertz CT molecular complexity index is 1060. The van der Waals surface area contributed by atoms with Gasteiger partial charge in [-0.25, -0.2) is 4.98 Å². The highest BCUT2D eigenvalue weighted by molar-refractivity contribution is 5.86. The Balaban J connectivity index is 1.68. The molecule has 0 bridgehead atoms. The van der Waals surface area contributed by atoms with E-state index in [9.17, 15) is 0 Å². The summed E-state index contributed by atoms with van der Waals surface area (Å²) in [5, 5.41) is 1.14. The van der Waals surface area contributed by atoms with E-state index < -0.39 is 0 Å². The Hall–Kier alpha value is -2.91. The van der Waals surface area contributed by atoms with Gasteiger partial charge in [-0.3, -0.25) is 4.57 Å². The van der Waals surface area contributed by atoms with Gasteiger partial charge in [0.15, 0.2) is 0 Å². The van der Waals surface area contributed by atoms with Crippen LogP contribution in [0.3, 0.4) is 0 Å². The van der Waals surface area contributed by atoms with E-state index in [0.717, 1.165) is 35.3 Å². The highest BCUT2D eigenvalue weighted by Crippen LogP contribution is 2.39. The van der Waals surface area contributed by atoms with Crippen LogP contribution in [0.2, 0.25) is 0 Å². The average Bonchev–Trinajstić information content (AvgIpc) is 3.06. The number of rotatable bonds is 3. The molecule has 4 aromatic rings. The van der Waals surface area contributed by atoms with Gasteiger partial charge >= 0.3 is 0 Å². The highest BCUT2D eigenvalue weighted by Gasteiger charge is 2.34. The number of hydrogen-bond donors (Lipinski definition) is 1. The van der Waals surface area contributed by atoms with E-state index in [1.807, 2.05) is 18.3 Å². The fourth-order valence-electron chi connectivity index (χ4n) is 3.91. The summed E-state index contributed by atoms with van der Waals surface area (Å²) in [7, 11) is 0. The van der Waals surface area contributed by atoms with Crippen molar-refractivity contribution < 1.29 is 0 Å². The zero-order valence-electron chi connectivity index (χ0n) is 14.6. The molecular weight excluding hydrogens is 318 g/mol. The summed E-state index contributed by atoms with van der Waals surface area (Å²) in [5.74, 6) is 0. The number of benzene rings is 2. The molecular formula is C23H21N3. The molecule has 3 nitrogen and oxygen atoms in total. The highest BCUT2D eigenvalue weighted by atomic mass is 15.0.